The molecule has 0 fully saturated rings. The number of allylic oxidation sites excluding steroid dienone is 2. The molecule has 0 aromatic heterocycles. The van der Waals surface area contributed by atoms with E-state index in [1.165, 1.54) is 7.11 Å². The van der Waals surface area contributed by atoms with Crippen molar-refractivity contribution in [3.63, 3.8) is 0 Å². The Hall–Kier alpha value is -1.12. The molecule has 0 aliphatic heterocycles. The summed E-state index contributed by atoms with van der Waals surface area (Å²) in [6.07, 6.45) is 3.18. The molecule has 0 radical (unpaired) electrons. The maximum Gasteiger partial charge on any atom is 0.305 e. The predicted octanol–water partition coefficient (Wildman–Crippen LogP) is 1.08. The van der Waals surface area contributed by atoms with Crippen LogP contribution in [0.2, 0.25) is 0 Å². The second-order valence-corrected chi connectivity index (χ2v) is 2.06. The number of methoxy groups -OCH3 is 1. The first-order valence-electron chi connectivity index (χ1n) is 3.41. The molecule has 0 aliphatic rings. The highest BCUT2D eigenvalue weighted by molar-refractivity contribution is 5.76. The zero-order valence-electron chi connectivity index (χ0n) is 6.79. The fourth-order valence-electron chi connectivity index (χ4n) is 0.620. The number of hydrogen-bond acceptors (Lipinski definition) is 3. The van der Waals surface area contributed by atoms with Gasteiger partial charge in [0.25, 0.3) is 0 Å². The number of carbonyl (C=O) groups excluding carboxylic acids is 2. The van der Waals surface area contributed by atoms with Gasteiger partial charge in [0, 0.05) is 6.42 Å². The van der Waals surface area contributed by atoms with Crippen LogP contribution in [0.4, 0.5) is 0 Å². The highest BCUT2D eigenvalue weighted by Gasteiger charge is 2.01. The SMILES string of the molecule is C/C=C(\C=O)CCC(=O)OC. The molecule has 0 spiro atoms. The first kappa shape index (κ1) is 9.88. The normalized spacial score (nSPS) is 10.9. The predicted molar refractivity (Wildman–Crippen MR) is 41.1 cm³/mol. The molecule has 0 rings (SSSR count). The summed E-state index contributed by atoms with van der Waals surface area (Å²) in [5, 5.41) is 0. The summed E-state index contributed by atoms with van der Waals surface area (Å²) >= 11 is 0. The van der Waals surface area contributed by atoms with Crippen molar-refractivity contribution < 1.29 is 14.3 Å². The van der Waals surface area contributed by atoms with E-state index in [0.717, 1.165) is 6.29 Å². The van der Waals surface area contributed by atoms with E-state index in [4.69, 9.17) is 0 Å². The van der Waals surface area contributed by atoms with Crippen molar-refractivity contribution in [3.05, 3.63) is 11.6 Å². The number of aldehydes is 1. The Balaban J connectivity index is 3.69. The molecule has 0 aromatic rings. The van der Waals surface area contributed by atoms with E-state index < -0.39 is 0 Å². The van der Waals surface area contributed by atoms with Gasteiger partial charge in [-0.3, -0.25) is 9.59 Å². The van der Waals surface area contributed by atoms with Gasteiger partial charge in [-0.05, 0) is 18.9 Å². The lowest BCUT2D eigenvalue weighted by Gasteiger charge is -1.97. The summed E-state index contributed by atoms with van der Waals surface area (Å²) in [7, 11) is 1.33. The van der Waals surface area contributed by atoms with Gasteiger partial charge in [-0.15, -0.1) is 0 Å². The van der Waals surface area contributed by atoms with Crippen molar-refractivity contribution in [2.45, 2.75) is 19.8 Å². The van der Waals surface area contributed by atoms with E-state index in [1.807, 2.05) is 0 Å². The fourth-order valence-corrected chi connectivity index (χ4v) is 0.620. The molecule has 0 N–H and O–H groups in total. The number of carbonyl (C=O) groups is 2. The van der Waals surface area contributed by atoms with Crippen molar-refractivity contribution in [2.24, 2.45) is 0 Å². The highest BCUT2D eigenvalue weighted by Crippen LogP contribution is 2.01. The Morgan fingerprint density at radius 2 is 2.09 bits per heavy atom. The van der Waals surface area contributed by atoms with Gasteiger partial charge in [-0.1, -0.05) is 6.08 Å². The van der Waals surface area contributed by atoms with Crippen molar-refractivity contribution in [1.82, 2.24) is 0 Å². The minimum Gasteiger partial charge on any atom is -0.469 e. The average molecular weight is 156 g/mol. The van der Waals surface area contributed by atoms with E-state index in [-0.39, 0.29) is 12.4 Å². The van der Waals surface area contributed by atoms with Crippen molar-refractivity contribution in [1.29, 1.82) is 0 Å². The van der Waals surface area contributed by atoms with Crippen LogP contribution in [0.15, 0.2) is 11.6 Å². The van der Waals surface area contributed by atoms with Crippen molar-refractivity contribution in [2.75, 3.05) is 7.11 Å². The quantitative estimate of drug-likeness (QED) is 0.347. The lowest BCUT2D eigenvalue weighted by molar-refractivity contribution is -0.140. The van der Waals surface area contributed by atoms with Gasteiger partial charge >= 0.3 is 5.97 Å². The summed E-state index contributed by atoms with van der Waals surface area (Å²) in [6, 6.07) is 0. The molecule has 0 aromatic carbocycles. The maximum absolute atomic E-state index is 10.6. The van der Waals surface area contributed by atoms with Crippen LogP contribution in [-0.4, -0.2) is 19.4 Å². The van der Waals surface area contributed by atoms with Crippen LogP contribution >= 0.6 is 0 Å². The van der Waals surface area contributed by atoms with Crippen LogP contribution in [0.25, 0.3) is 0 Å². The molecule has 0 bridgehead atoms. The molecule has 0 aliphatic carbocycles. The number of esters is 1. The zero-order chi connectivity index (χ0) is 8.69. The summed E-state index contributed by atoms with van der Waals surface area (Å²) in [6.45, 7) is 1.76. The van der Waals surface area contributed by atoms with E-state index >= 15 is 0 Å². The van der Waals surface area contributed by atoms with Crippen LogP contribution < -0.4 is 0 Å². The van der Waals surface area contributed by atoms with Crippen molar-refractivity contribution in [3.8, 4) is 0 Å². The van der Waals surface area contributed by atoms with Gasteiger partial charge in [0.2, 0.25) is 0 Å². The third-order valence-electron chi connectivity index (χ3n) is 1.37. The third kappa shape index (κ3) is 4.31. The van der Waals surface area contributed by atoms with Crippen molar-refractivity contribution >= 4 is 12.3 Å². The van der Waals surface area contributed by atoms with Gasteiger partial charge in [0.1, 0.15) is 6.29 Å². The number of ether oxygens (including phenoxy) is 1. The van der Waals surface area contributed by atoms with Gasteiger partial charge in [0.05, 0.1) is 7.11 Å². The first-order valence-corrected chi connectivity index (χ1v) is 3.41. The molecule has 62 valence electrons. The number of hydrogen-bond donors (Lipinski definition) is 0. The Bertz CT molecular complexity index is 170. The Kier molecular flexibility index (Phi) is 5.07. The molecule has 0 saturated heterocycles. The first-order chi connectivity index (χ1) is 5.24. The molecule has 0 heterocycles. The van der Waals surface area contributed by atoms with E-state index in [2.05, 4.69) is 4.74 Å². The number of rotatable bonds is 4. The monoisotopic (exact) mass is 156 g/mol. The van der Waals surface area contributed by atoms with Crippen LogP contribution in [0.1, 0.15) is 19.8 Å². The maximum atomic E-state index is 10.6. The standard InChI is InChI=1S/C8H12O3/c1-3-7(6-9)4-5-8(10)11-2/h3,6H,4-5H2,1-2H3/b7-3-. The fraction of sp³-hybridized carbons (Fsp3) is 0.500. The largest absolute Gasteiger partial charge is 0.469 e. The highest BCUT2D eigenvalue weighted by atomic mass is 16.5. The summed E-state index contributed by atoms with van der Waals surface area (Å²) < 4.78 is 4.41. The second-order valence-electron chi connectivity index (χ2n) is 2.06. The van der Waals surface area contributed by atoms with E-state index in [1.54, 1.807) is 13.0 Å². The van der Waals surface area contributed by atoms with E-state index in [0.29, 0.717) is 12.0 Å². The Morgan fingerprint density at radius 3 is 2.45 bits per heavy atom. The molecule has 0 unspecified atom stereocenters. The van der Waals surface area contributed by atoms with Gasteiger partial charge in [-0.2, -0.15) is 0 Å². The molecular weight excluding hydrogens is 144 g/mol. The molecule has 3 heteroatoms. The van der Waals surface area contributed by atoms with Gasteiger partial charge in [0.15, 0.2) is 0 Å². The summed E-state index contributed by atoms with van der Waals surface area (Å²) in [5.41, 5.74) is 0.635. The molecule has 0 saturated carbocycles. The zero-order valence-corrected chi connectivity index (χ0v) is 6.79. The minimum atomic E-state index is -0.286. The topological polar surface area (TPSA) is 43.4 Å². The molecular formula is C8H12O3. The lowest BCUT2D eigenvalue weighted by Crippen LogP contribution is -2.00. The molecule has 0 amide bonds. The molecule has 11 heavy (non-hydrogen) atoms. The van der Waals surface area contributed by atoms with Gasteiger partial charge in [-0.25, -0.2) is 0 Å². The summed E-state index contributed by atoms with van der Waals surface area (Å²) in [5.74, 6) is -0.286. The Labute approximate surface area is 66.0 Å². The van der Waals surface area contributed by atoms with E-state index in [9.17, 15) is 9.59 Å². The molecule has 0 atom stereocenters. The van der Waals surface area contributed by atoms with Crippen LogP contribution in [0.5, 0.6) is 0 Å². The summed E-state index contributed by atoms with van der Waals surface area (Å²) in [4.78, 5) is 20.8. The van der Waals surface area contributed by atoms with Crippen LogP contribution in [0.3, 0.4) is 0 Å². The smallest absolute Gasteiger partial charge is 0.305 e. The minimum absolute atomic E-state index is 0.273. The van der Waals surface area contributed by atoms with Crippen LogP contribution in [0, 0.1) is 0 Å². The third-order valence-corrected chi connectivity index (χ3v) is 1.37. The van der Waals surface area contributed by atoms with Crippen LogP contribution in [-0.2, 0) is 14.3 Å². The molecule has 3 nitrogen and oxygen atoms in total. The average Bonchev–Trinajstić information content (AvgIpc) is 2.06. The Morgan fingerprint density at radius 1 is 1.45 bits per heavy atom. The lowest BCUT2D eigenvalue weighted by atomic mass is 10.1. The second kappa shape index (κ2) is 5.65. The van der Waals surface area contributed by atoms with Gasteiger partial charge < -0.3 is 4.74 Å².